The predicted octanol–water partition coefficient (Wildman–Crippen LogP) is 3.08. The molecule has 128 valence electrons. The van der Waals surface area contributed by atoms with Gasteiger partial charge in [0.05, 0.1) is 17.7 Å². The van der Waals surface area contributed by atoms with Crippen LogP contribution in [0.4, 0.5) is 13.2 Å². The number of nitrogens with zero attached hydrogens (tertiary/aromatic N) is 3. The third kappa shape index (κ3) is 3.82. The van der Waals surface area contributed by atoms with E-state index in [2.05, 4.69) is 20.4 Å². The first-order chi connectivity index (χ1) is 11.9. The molecule has 0 atom stereocenters. The number of hydrogen-bond acceptors (Lipinski definition) is 5. The molecule has 25 heavy (non-hydrogen) atoms. The minimum atomic E-state index is -4.62. The van der Waals surface area contributed by atoms with Gasteiger partial charge in [-0.1, -0.05) is 17.3 Å². The van der Waals surface area contributed by atoms with Gasteiger partial charge >= 0.3 is 6.18 Å². The van der Waals surface area contributed by atoms with Crippen LogP contribution in [0.2, 0.25) is 0 Å². The van der Waals surface area contributed by atoms with Gasteiger partial charge in [0.15, 0.2) is 0 Å². The van der Waals surface area contributed by atoms with Crippen LogP contribution in [-0.2, 0) is 12.7 Å². The molecule has 0 spiro atoms. The van der Waals surface area contributed by atoms with Crippen molar-refractivity contribution in [2.45, 2.75) is 12.7 Å². The molecule has 3 aromatic rings. The largest absolute Gasteiger partial charge is 0.417 e. The van der Waals surface area contributed by atoms with Gasteiger partial charge in [-0.05, 0) is 24.3 Å². The van der Waals surface area contributed by atoms with Crippen LogP contribution in [0.25, 0.3) is 11.4 Å². The number of aromatic nitrogens is 3. The maximum atomic E-state index is 12.9. The Morgan fingerprint density at radius 2 is 1.96 bits per heavy atom. The van der Waals surface area contributed by atoms with Gasteiger partial charge in [0.1, 0.15) is 0 Å². The number of halogens is 3. The van der Waals surface area contributed by atoms with Crippen LogP contribution in [0.15, 0.2) is 53.3 Å². The minimum Gasteiger partial charge on any atom is -0.343 e. The molecule has 0 aliphatic rings. The number of pyridine rings is 1. The smallest absolute Gasteiger partial charge is 0.343 e. The Morgan fingerprint density at radius 1 is 1.16 bits per heavy atom. The Kier molecular flexibility index (Phi) is 4.46. The van der Waals surface area contributed by atoms with Crippen molar-refractivity contribution in [1.29, 1.82) is 0 Å². The Balaban J connectivity index is 1.71. The Bertz CT molecular complexity index is 878. The van der Waals surface area contributed by atoms with Crippen molar-refractivity contribution in [3.63, 3.8) is 0 Å². The van der Waals surface area contributed by atoms with E-state index in [-0.39, 0.29) is 18.3 Å². The molecule has 0 radical (unpaired) electrons. The topological polar surface area (TPSA) is 80.9 Å². The predicted molar refractivity (Wildman–Crippen MR) is 80.1 cm³/mol. The van der Waals surface area contributed by atoms with E-state index in [4.69, 9.17) is 4.52 Å². The molecule has 0 saturated heterocycles. The summed E-state index contributed by atoms with van der Waals surface area (Å²) in [5.74, 6) is -0.543. The number of benzene rings is 1. The zero-order valence-electron chi connectivity index (χ0n) is 12.6. The van der Waals surface area contributed by atoms with Crippen LogP contribution < -0.4 is 5.32 Å². The lowest BCUT2D eigenvalue weighted by Crippen LogP contribution is -2.26. The molecular weight excluding hydrogens is 337 g/mol. The van der Waals surface area contributed by atoms with E-state index in [9.17, 15) is 18.0 Å². The minimum absolute atomic E-state index is 0.0664. The summed E-state index contributed by atoms with van der Waals surface area (Å²) in [5.41, 5.74) is -0.859. The molecule has 3 rings (SSSR count). The molecule has 0 fully saturated rings. The molecule has 1 amide bonds. The van der Waals surface area contributed by atoms with Crippen molar-refractivity contribution in [2.75, 3.05) is 0 Å². The van der Waals surface area contributed by atoms with Crippen LogP contribution in [0, 0.1) is 0 Å². The Labute approximate surface area is 139 Å². The Hall–Kier alpha value is -3.23. The van der Waals surface area contributed by atoms with Crippen LogP contribution in [-0.4, -0.2) is 21.0 Å². The Morgan fingerprint density at radius 3 is 2.68 bits per heavy atom. The normalized spacial score (nSPS) is 11.3. The number of carbonyl (C=O) groups is 1. The van der Waals surface area contributed by atoms with Crippen molar-refractivity contribution in [3.05, 3.63) is 65.8 Å². The summed E-state index contributed by atoms with van der Waals surface area (Å²) >= 11 is 0. The second-order valence-corrected chi connectivity index (χ2v) is 4.98. The fourth-order valence-corrected chi connectivity index (χ4v) is 2.12. The zero-order chi connectivity index (χ0) is 17.9. The zero-order valence-corrected chi connectivity index (χ0v) is 12.6. The summed E-state index contributed by atoms with van der Waals surface area (Å²) in [4.78, 5) is 20.0. The number of hydrogen-bond donors (Lipinski definition) is 1. The molecule has 6 nitrogen and oxygen atoms in total. The van der Waals surface area contributed by atoms with Crippen molar-refractivity contribution >= 4 is 5.91 Å². The lowest BCUT2D eigenvalue weighted by Gasteiger charge is -2.11. The molecule has 0 saturated carbocycles. The molecule has 9 heteroatoms. The molecular formula is C16H11F3N4O2. The SMILES string of the molecule is O=C(NCc1nc(-c2cccnc2)no1)c1ccccc1C(F)(F)F. The van der Waals surface area contributed by atoms with Crippen LogP contribution in [0.5, 0.6) is 0 Å². The second-order valence-electron chi connectivity index (χ2n) is 4.98. The van der Waals surface area contributed by atoms with Gasteiger partial charge in [0, 0.05) is 18.0 Å². The third-order valence-electron chi connectivity index (χ3n) is 3.27. The van der Waals surface area contributed by atoms with Gasteiger partial charge in [-0.3, -0.25) is 9.78 Å². The highest BCUT2D eigenvalue weighted by molar-refractivity contribution is 5.95. The van der Waals surface area contributed by atoms with Gasteiger partial charge < -0.3 is 9.84 Å². The monoisotopic (exact) mass is 348 g/mol. The average molecular weight is 348 g/mol. The van der Waals surface area contributed by atoms with E-state index < -0.39 is 23.2 Å². The van der Waals surface area contributed by atoms with Crippen LogP contribution in [0.3, 0.4) is 0 Å². The number of nitrogens with one attached hydrogen (secondary N) is 1. The second kappa shape index (κ2) is 6.71. The van der Waals surface area contributed by atoms with E-state index in [0.29, 0.717) is 5.56 Å². The summed E-state index contributed by atoms with van der Waals surface area (Å²) in [6, 6.07) is 7.95. The summed E-state index contributed by atoms with van der Waals surface area (Å²) in [5, 5.41) is 6.08. The number of alkyl halides is 3. The van der Waals surface area contributed by atoms with E-state index in [1.807, 2.05) is 0 Å². The fourth-order valence-electron chi connectivity index (χ4n) is 2.12. The quantitative estimate of drug-likeness (QED) is 0.784. The lowest BCUT2D eigenvalue weighted by atomic mass is 10.1. The first-order valence-electron chi connectivity index (χ1n) is 7.12. The standard InChI is InChI=1S/C16H11F3N4O2/c17-16(18,19)12-6-2-1-5-11(12)15(24)21-9-13-22-14(23-25-13)10-4-3-7-20-8-10/h1-8H,9H2,(H,21,24). The van der Waals surface area contributed by atoms with E-state index in [0.717, 1.165) is 12.1 Å². The number of rotatable bonds is 4. The molecule has 1 aromatic carbocycles. The van der Waals surface area contributed by atoms with E-state index in [1.165, 1.54) is 18.3 Å². The van der Waals surface area contributed by atoms with Crippen LogP contribution >= 0.6 is 0 Å². The van der Waals surface area contributed by atoms with Gasteiger partial charge in [-0.25, -0.2) is 0 Å². The first kappa shape index (κ1) is 16.6. The molecule has 2 heterocycles. The van der Waals surface area contributed by atoms with Crippen molar-refractivity contribution < 1.29 is 22.5 Å². The van der Waals surface area contributed by atoms with Crippen LogP contribution in [0.1, 0.15) is 21.8 Å². The number of carbonyl (C=O) groups excluding carboxylic acids is 1. The average Bonchev–Trinajstić information content (AvgIpc) is 3.09. The van der Waals surface area contributed by atoms with E-state index in [1.54, 1.807) is 18.3 Å². The van der Waals surface area contributed by atoms with Crippen molar-refractivity contribution in [3.8, 4) is 11.4 Å². The molecule has 0 unspecified atom stereocenters. The van der Waals surface area contributed by atoms with Gasteiger partial charge in [-0.15, -0.1) is 0 Å². The third-order valence-corrected chi connectivity index (χ3v) is 3.27. The van der Waals surface area contributed by atoms with Gasteiger partial charge in [0.25, 0.3) is 5.91 Å². The van der Waals surface area contributed by atoms with E-state index >= 15 is 0 Å². The number of amides is 1. The lowest BCUT2D eigenvalue weighted by molar-refractivity contribution is -0.137. The first-order valence-corrected chi connectivity index (χ1v) is 7.12. The molecule has 0 aliphatic carbocycles. The fraction of sp³-hybridized carbons (Fsp3) is 0.125. The summed E-state index contributed by atoms with van der Waals surface area (Å²) in [7, 11) is 0. The summed E-state index contributed by atoms with van der Waals surface area (Å²) in [6.45, 7) is -0.196. The van der Waals surface area contributed by atoms with Crippen molar-refractivity contribution in [2.24, 2.45) is 0 Å². The summed E-state index contributed by atoms with van der Waals surface area (Å²) < 4.78 is 43.8. The van der Waals surface area contributed by atoms with Crippen molar-refractivity contribution in [1.82, 2.24) is 20.4 Å². The van der Waals surface area contributed by atoms with Gasteiger partial charge in [0.2, 0.25) is 11.7 Å². The highest BCUT2D eigenvalue weighted by atomic mass is 19.4. The molecule has 0 bridgehead atoms. The molecule has 1 N–H and O–H groups in total. The summed E-state index contributed by atoms with van der Waals surface area (Å²) in [6.07, 6.45) is -1.50. The maximum absolute atomic E-state index is 12.9. The highest BCUT2D eigenvalue weighted by Crippen LogP contribution is 2.31. The maximum Gasteiger partial charge on any atom is 0.417 e. The molecule has 0 aliphatic heterocycles. The highest BCUT2D eigenvalue weighted by Gasteiger charge is 2.34. The van der Waals surface area contributed by atoms with Gasteiger partial charge in [-0.2, -0.15) is 18.2 Å². The molecule has 2 aromatic heterocycles.